The Morgan fingerprint density at radius 1 is 1.32 bits per heavy atom. The van der Waals surface area contributed by atoms with Crippen molar-refractivity contribution in [3.8, 4) is 0 Å². The molecule has 0 heterocycles. The molecule has 1 aromatic rings. The maximum atomic E-state index is 12.0. The summed E-state index contributed by atoms with van der Waals surface area (Å²) in [5.74, 6) is 0. The molecule has 0 saturated carbocycles. The van der Waals surface area contributed by atoms with Gasteiger partial charge in [-0.25, -0.2) is 13.1 Å². The van der Waals surface area contributed by atoms with Gasteiger partial charge in [-0.15, -0.1) is 0 Å². The minimum Gasteiger partial charge on any atom is -0.389 e. The van der Waals surface area contributed by atoms with Crippen LogP contribution in [0.2, 0.25) is 10.0 Å². The molecule has 2 N–H and O–H groups in total. The number of hydrogen-bond donors (Lipinski definition) is 2. The van der Waals surface area contributed by atoms with Crippen molar-refractivity contribution in [2.45, 2.75) is 37.2 Å². The second kappa shape index (κ2) is 6.41. The number of nitrogens with one attached hydrogen (secondary N) is 1. The first-order valence-electron chi connectivity index (χ1n) is 5.85. The average Bonchev–Trinajstić information content (AvgIpc) is 2.30. The monoisotopic (exact) mass is 325 g/mol. The van der Waals surface area contributed by atoms with Crippen molar-refractivity contribution in [3.63, 3.8) is 0 Å². The molecule has 108 valence electrons. The summed E-state index contributed by atoms with van der Waals surface area (Å²) in [5.41, 5.74) is -1.07. The molecule has 0 amide bonds. The summed E-state index contributed by atoms with van der Waals surface area (Å²) in [6.07, 6.45) is 1.28. The van der Waals surface area contributed by atoms with Gasteiger partial charge in [0.05, 0.1) is 20.5 Å². The molecular weight excluding hydrogens is 309 g/mol. The molecule has 0 saturated heterocycles. The highest BCUT2D eigenvalue weighted by Crippen LogP contribution is 2.24. The maximum Gasteiger partial charge on any atom is 0.240 e. The van der Waals surface area contributed by atoms with E-state index in [4.69, 9.17) is 23.2 Å². The van der Waals surface area contributed by atoms with Gasteiger partial charge in [0.1, 0.15) is 0 Å². The van der Waals surface area contributed by atoms with Gasteiger partial charge in [-0.3, -0.25) is 0 Å². The first kappa shape index (κ1) is 16.7. The molecule has 0 aromatic heterocycles. The van der Waals surface area contributed by atoms with Gasteiger partial charge in [0.25, 0.3) is 0 Å². The minimum atomic E-state index is -3.70. The number of hydrogen-bond acceptors (Lipinski definition) is 3. The van der Waals surface area contributed by atoms with Gasteiger partial charge in [0.2, 0.25) is 10.0 Å². The molecule has 0 spiro atoms. The lowest BCUT2D eigenvalue weighted by atomic mass is 10.0. The van der Waals surface area contributed by atoms with Crippen molar-refractivity contribution in [1.29, 1.82) is 0 Å². The lowest BCUT2D eigenvalue weighted by Crippen LogP contribution is -2.40. The topological polar surface area (TPSA) is 66.4 Å². The van der Waals surface area contributed by atoms with Crippen molar-refractivity contribution >= 4 is 33.2 Å². The summed E-state index contributed by atoms with van der Waals surface area (Å²) in [6, 6.07) is 4.06. The van der Waals surface area contributed by atoms with Crippen molar-refractivity contribution in [2.24, 2.45) is 0 Å². The van der Waals surface area contributed by atoms with E-state index in [9.17, 15) is 13.5 Å². The molecule has 0 fully saturated rings. The molecule has 1 atom stereocenters. The molecule has 0 aliphatic rings. The van der Waals surface area contributed by atoms with Gasteiger partial charge >= 0.3 is 0 Å². The summed E-state index contributed by atoms with van der Waals surface area (Å²) in [4.78, 5) is 0.0224. The second-order valence-corrected chi connectivity index (χ2v) is 7.23. The van der Waals surface area contributed by atoms with Gasteiger partial charge in [-0.05, 0) is 31.5 Å². The van der Waals surface area contributed by atoms with E-state index in [0.29, 0.717) is 11.4 Å². The van der Waals surface area contributed by atoms with Crippen molar-refractivity contribution in [1.82, 2.24) is 4.72 Å². The third kappa shape index (κ3) is 4.93. The Labute approximate surface area is 123 Å². The van der Waals surface area contributed by atoms with Crippen LogP contribution in [0.1, 0.15) is 26.7 Å². The Morgan fingerprint density at radius 3 is 2.47 bits per heavy atom. The number of benzene rings is 1. The normalized spacial score (nSPS) is 15.2. The smallest absolute Gasteiger partial charge is 0.240 e. The zero-order chi connectivity index (χ0) is 14.7. The fourth-order valence-corrected chi connectivity index (χ4v) is 3.16. The molecule has 0 aliphatic heterocycles. The third-order valence-electron chi connectivity index (χ3n) is 2.63. The van der Waals surface area contributed by atoms with E-state index in [-0.39, 0.29) is 16.5 Å². The Bertz CT molecular complexity index is 544. The van der Waals surface area contributed by atoms with Crippen LogP contribution in [0.4, 0.5) is 0 Å². The summed E-state index contributed by atoms with van der Waals surface area (Å²) in [5, 5.41) is 10.4. The van der Waals surface area contributed by atoms with E-state index in [1.54, 1.807) is 6.92 Å². The SMILES string of the molecule is CCCC(C)(O)CNS(=O)(=O)c1ccc(Cl)c(Cl)c1. The standard InChI is InChI=1S/C12H17Cl2NO3S/c1-3-6-12(2,16)8-15-19(17,18)9-4-5-10(13)11(14)7-9/h4-5,7,15-16H,3,6,8H2,1-2H3. The summed E-state index contributed by atoms with van der Waals surface area (Å²) in [6.45, 7) is 3.46. The largest absolute Gasteiger partial charge is 0.389 e. The summed E-state index contributed by atoms with van der Waals surface area (Å²) in [7, 11) is -3.70. The maximum absolute atomic E-state index is 12.0. The van der Waals surface area contributed by atoms with Crippen LogP contribution in [0.3, 0.4) is 0 Å². The molecule has 0 bridgehead atoms. The zero-order valence-electron chi connectivity index (χ0n) is 10.8. The fourth-order valence-electron chi connectivity index (χ4n) is 1.60. The van der Waals surface area contributed by atoms with E-state index in [1.807, 2.05) is 6.92 Å². The summed E-state index contributed by atoms with van der Waals surface area (Å²) < 4.78 is 26.4. The fraction of sp³-hybridized carbons (Fsp3) is 0.500. The van der Waals surface area contributed by atoms with Gasteiger partial charge in [0.15, 0.2) is 0 Å². The van der Waals surface area contributed by atoms with Crippen LogP contribution in [0.15, 0.2) is 23.1 Å². The number of sulfonamides is 1. The molecule has 7 heteroatoms. The number of halogens is 2. The molecule has 19 heavy (non-hydrogen) atoms. The van der Waals surface area contributed by atoms with Gasteiger partial charge < -0.3 is 5.11 Å². The molecule has 1 rings (SSSR count). The van der Waals surface area contributed by atoms with Gasteiger partial charge in [0, 0.05) is 6.54 Å². The van der Waals surface area contributed by atoms with Crippen molar-refractivity contribution in [2.75, 3.05) is 6.54 Å². The summed E-state index contributed by atoms with van der Waals surface area (Å²) >= 11 is 11.5. The first-order valence-corrected chi connectivity index (χ1v) is 8.09. The van der Waals surface area contributed by atoms with E-state index >= 15 is 0 Å². The second-order valence-electron chi connectivity index (χ2n) is 4.65. The van der Waals surface area contributed by atoms with E-state index in [2.05, 4.69) is 4.72 Å². The average molecular weight is 326 g/mol. The number of aliphatic hydroxyl groups is 1. The van der Waals surface area contributed by atoms with Crippen LogP contribution in [0.5, 0.6) is 0 Å². The molecule has 0 aliphatic carbocycles. The third-order valence-corrected chi connectivity index (χ3v) is 4.77. The Morgan fingerprint density at radius 2 is 1.95 bits per heavy atom. The molecule has 1 unspecified atom stereocenters. The molecule has 0 radical (unpaired) electrons. The predicted molar refractivity (Wildman–Crippen MR) is 77.2 cm³/mol. The van der Waals surface area contributed by atoms with E-state index < -0.39 is 15.6 Å². The highest BCUT2D eigenvalue weighted by molar-refractivity contribution is 7.89. The Kier molecular flexibility index (Phi) is 5.65. The first-order chi connectivity index (χ1) is 8.68. The minimum absolute atomic E-state index is 0.0224. The van der Waals surface area contributed by atoms with Crippen LogP contribution in [-0.2, 0) is 10.0 Å². The molecular formula is C12H17Cl2NO3S. The van der Waals surface area contributed by atoms with Crippen LogP contribution >= 0.6 is 23.2 Å². The van der Waals surface area contributed by atoms with Crippen molar-refractivity contribution < 1.29 is 13.5 Å². The number of rotatable bonds is 6. The van der Waals surface area contributed by atoms with Gasteiger partial charge in [-0.1, -0.05) is 36.5 Å². The van der Waals surface area contributed by atoms with E-state index in [0.717, 1.165) is 6.42 Å². The van der Waals surface area contributed by atoms with Crippen LogP contribution < -0.4 is 4.72 Å². The Balaban J connectivity index is 2.84. The van der Waals surface area contributed by atoms with Crippen LogP contribution in [0, 0.1) is 0 Å². The lowest BCUT2D eigenvalue weighted by molar-refractivity contribution is 0.0554. The highest BCUT2D eigenvalue weighted by Gasteiger charge is 2.23. The lowest BCUT2D eigenvalue weighted by Gasteiger charge is -2.22. The predicted octanol–water partition coefficient (Wildman–Crippen LogP) is 2.82. The Hall–Kier alpha value is -0.330. The van der Waals surface area contributed by atoms with Crippen LogP contribution in [-0.4, -0.2) is 25.7 Å². The molecule has 1 aromatic carbocycles. The van der Waals surface area contributed by atoms with Crippen molar-refractivity contribution in [3.05, 3.63) is 28.2 Å². The van der Waals surface area contributed by atoms with Gasteiger partial charge in [-0.2, -0.15) is 0 Å². The highest BCUT2D eigenvalue weighted by atomic mass is 35.5. The molecule has 4 nitrogen and oxygen atoms in total. The van der Waals surface area contributed by atoms with E-state index in [1.165, 1.54) is 18.2 Å². The van der Waals surface area contributed by atoms with Crippen LogP contribution in [0.25, 0.3) is 0 Å². The zero-order valence-corrected chi connectivity index (χ0v) is 13.1. The quantitative estimate of drug-likeness (QED) is 0.845.